The van der Waals surface area contributed by atoms with Crippen LogP contribution in [-0.2, 0) is 0 Å². The van der Waals surface area contributed by atoms with Crippen LogP contribution in [0.25, 0.3) is 11.4 Å². The van der Waals surface area contributed by atoms with E-state index < -0.39 is 0 Å². The highest BCUT2D eigenvalue weighted by atomic mass is 79.9. The van der Waals surface area contributed by atoms with Crippen LogP contribution in [0.15, 0.2) is 63.3 Å². The molecule has 120 valence electrons. The third kappa shape index (κ3) is 2.85. The lowest BCUT2D eigenvalue weighted by atomic mass is 10.1. The van der Waals surface area contributed by atoms with Gasteiger partial charge in [0, 0.05) is 15.8 Å². The van der Waals surface area contributed by atoms with E-state index in [2.05, 4.69) is 38.3 Å². The summed E-state index contributed by atoms with van der Waals surface area (Å²) in [6.07, 6.45) is 0. The van der Waals surface area contributed by atoms with E-state index in [0.29, 0.717) is 5.82 Å². The fourth-order valence-corrected chi connectivity index (χ4v) is 3.56. The Hall–Kier alpha value is -2.12. The zero-order valence-electron chi connectivity index (χ0n) is 12.8. The summed E-state index contributed by atoms with van der Waals surface area (Å²) in [6, 6.07) is 15.9. The molecule has 0 spiro atoms. The second-order valence-corrected chi connectivity index (χ2v) is 7.05. The first-order valence-corrected chi connectivity index (χ1v) is 9.09. The number of rotatable bonds is 3. The largest absolute Gasteiger partial charge is 0.497 e. The summed E-state index contributed by atoms with van der Waals surface area (Å²) in [5.41, 5.74) is 3.03. The highest BCUT2D eigenvalue weighted by molar-refractivity contribution is 9.10. The maximum absolute atomic E-state index is 5.30. The van der Waals surface area contributed by atoms with E-state index in [1.54, 1.807) is 23.5 Å². The maximum Gasteiger partial charge on any atom is 0.212 e. The van der Waals surface area contributed by atoms with Crippen LogP contribution in [0.2, 0.25) is 0 Å². The van der Waals surface area contributed by atoms with Crippen molar-refractivity contribution in [3.05, 3.63) is 58.6 Å². The van der Waals surface area contributed by atoms with Gasteiger partial charge in [-0.05, 0) is 29.8 Å². The molecule has 0 aliphatic carbocycles. The van der Waals surface area contributed by atoms with Crippen molar-refractivity contribution in [3.63, 3.8) is 0 Å². The van der Waals surface area contributed by atoms with Crippen molar-refractivity contribution < 1.29 is 4.74 Å². The predicted octanol–water partition coefficient (Wildman–Crippen LogP) is 4.07. The molecule has 3 aromatic rings. The molecule has 0 saturated carbocycles. The molecule has 7 heteroatoms. The number of ether oxygens (including phenoxy) is 1. The molecule has 0 atom stereocenters. The van der Waals surface area contributed by atoms with Gasteiger partial charge in [-0.2, -0.15) is 9.78 Å². The summed E-state index contributed by atoms with van der Waals surface area (Å²) in [5, 5.41) is 14.1. The van der Waals surface area contributed by atoms with Gasteiger partial charge in [-0.15, -0.1) is 10.2 Å². The molecule has 0 N–H and O–H groups in total. The van der Waals surface area contributed by atoms with Crippen LogP contribution in [0.5, 0.6) is 5.75 Å². The minimum Gasteiger partial charge on any atom is -0.497 e. The SMILES string of the molecule is COc1cccc(-c2nnc3n2N=C(c2ccc(Br)cc2)CS3)c1. The fraction of sp³-hybridized carbons (Fsp3) is 0.118. The second kappa shape index (κ2) is 6.41. The van der Waals surface area contributed by atoms with Gasteiger partial charge in [-0.1, -0.05) is 52.0 Å². The fourth-order valence-electron chi connectivity index (χ4n) is 2.45. The van der Waals surface area contributed by atoms with Crippen molar-refractivity contribution in [2.75, 3.05) is 12.9 Å². The Morgan fingerprint density at radius 2 is 1.92 bits per heavy atom. The minimum atomic E-state index is 0.714. The van der Waals surface area contributed by atoms with Crippen molar-refractivity contribution in [2.24, 2.45) is 5.10 Å². The van der Waals surface area contributed by atoms with Gasteiger partial charge in [0.2, 0.25) is 5.16 Å². The Labute approximate surface area is 151 Å². The number of benzene rings is 2. The predicted molar refractivity (Wildman–Crippen MR) is 98.8 cm³/mol. The first kappa shape index (κ1) is 15.4. The first-order chi connectivity index (χ1) is 11.7. The topological polar surface area (TPSA) is 52.3 Å². The van der Waals surface area contributed by atoms with Gasteiger partial charge in [0.05, 0.1) is 12.8 Å². The van der Waals surface area contributed by atoms with Crippen LogP contribution in [0.3, 0.4) is 0 Å². The van der Waals surface area contributed by atoms with E-state index in [1.165, 1.54) is 0 Å². The molecule has 0 amide bonds. The third-order valence-electron chi connectivity index (χ3n) is 3.68. The van der Waals surface area contributed by atoms with Crippen molar-refractivity contribution in [1.29, 1.82) is 0 Å². The molecule has 1 aliphatic rings. The van der Waals surface area contributed by atoms with E-state index >= 15 is 0 Å². The summed E-state index contributed by atoms with van der Waals surface area (Å²) in [5.74, 6) is 2.27. The van der Waals surface area contributed by atoms with Gasteiger partial charge in [-0.25, -0.2) is 0 Å². The number of hydrogen-bond donors (Lipinski definition) is 0. The zero-order chi connectivity index (χ0) is 16.5. The standard InChI is InChI=1S/C17H13BrN4OS/c1-23-14-4-2-3-12(9-14)16-19-20-17-22(16)21-15(10-24-17)11-5-7-13(18)8-6-11/h2-9H,10H2,1H3. The van der Waals surface area contributed by atoms with Crippen molar-refractivity contribution >= 4 is 33.4 Å². The number of nitrogens with zero attached hydrogens (tertiary/aromatic N) is 4. The Morgan fingerprint density at radius 1 is 1.08 bits per heavy atom. The van der Waals surface area contributed by atoms with E-state index in [0.717, 1.165) is 38.0 Å². The normalized spacial score (nSPS) is 13.3. The van der Waals surface area contributed by atoms with E-state index in [1.807, 2.05) is 36.4 Å². The monoisotopic (exact) mass is 400 g/mol. The maximum atomic E-state index is 5.30. The molecule has 2 heterocycles. The molecular weight excluding hydrogens is 388 g/mol. The number of aromatic nitrogens is 3. The molecule has 2 aromatic carbocycles. The lowest BCUT2D eigenvalue weighted by molar-refractivity contribution is 0.415. The van der Waals surface area contributed by atoms with Crippen LogP contribution in [-0.4, -0.2) is 33.4 Å². The van der Waals surface area contributed by atoms with Crippen molar-refractivity contribution in [2.45, 2.75) is 5.16 Å². The van der Waals surface area contributed by atoms with Crippen LogP contribution >= 0.6 is 27.7 Å². The van der Waals surface area contributed by atoms with E-state index in [9.17, 15) is 0 Å². The van der Waals surface area contributed by atoms with Crippen molar-refractivity contribution in [3.8, 4) is 17.1 Å². The number of fused-ring (bicyclic) bond motifs is 1. The number of thioether (sulfide) groups is 1. The molecule has 24 heavy (non-hydrogen) atoms. The Morgan fingerprint density at radius 3 is 2.71 bits per heavy atom. The number of methoxy groups -OCH3 is 1. The van der Waals surface area contributed by atoms with Gasteiger partial charge in [0.1, 0.15) is 5.75 Å². The second-order valence-electron chi connectivity index (χ2n) is 5.19. The molecule has 4 rings (SSSR count). The van der Waals surface area contributed by atoms with E-state index in [-0.39, 0.29) is 0 Å². The molecule has 0 radical (unpaired) electrons. The van der Waals surface area contributed by atoms with Crippen LogP contribution in [0.4, 0.5) is 0 Å². The molecule has 1 aliphatic heterocycles. The van der Waals surface area contributed by atoms with Gasteiger partial charge in [0.25, 0.3) is 0 Å². The summed E-state index contributed by atoms with van der Waals surface area (Å²) >= 11 is 5.10. The quantitative estimate of drug-likeness (QED) is 0.664. The lowest BCUT2D eigenvalue weighted by Crippen LogP contribution is -2.13. The van der Waals surface area contributed by atoms with Crippen LogP contribution < -0.4 is 4.74 Å². The highest BCUT2D eigenvalue weighted by Crippen LogP contribution is 2.30. The molecule has 1 aromatic heterocycles. The molecule has 0 fully saturated rings. The Bertz CT molecular complexity index is 921. The summed E-state index contributed by atoms with van der Waals surface area (Å²) < 4.78 is 8.15. The van der Waals surface area contributed by atoms with Crippen LogP contribution in [0.1, 0.15) is 5.56 Å². The molecule has 0 unspecified atom stereocenters. The Kier molecular flexibility index (Phi) is 4.12. The van der Waals surface area contributed by atoms with Gasteiger partial charge in [-0.3, -0.25) is 0 Å². The summed E-state index contributed by atoms with van der Waals surface area (Å²) in [7, 11) is 1.65. The van der Waals surface area contributed by atoms with Gasteiger partial charge in [0.15, 0.2) is 5.82 Å². The molecule has 5 nitrogen and oxygen atoms in total. The molecular formula is C17H13BrN4OS. The third-order valence-corrected chi connectivity index (χ3v) is 5.14. The Balaban J connectivity index is 1.77. The molecule has 0 bridgehead atoms. The minimum absolute atomic E-state index is 0.714. The first-order valence-electron chi connectivity index (χ1n) is 7.31. The number of hydrogen-bond acceptors (Lipinski definition) is 5. The highest BCUT2D eigenvalue weighted by Gasteiger charge is 2.20. The average Bonchev–Trinajstić information content (AvgIpc) is 3.05. The lowest BCUT2D eigenvalue weighted by Gasteiger charge is -2.14. The summed E-state index contributed by atoms with van der Waals surface area (Å²) in [6.45, 7) is 0. The zero-order valence-corrected chi connectivity index (χ0v) is 15.2. The molecule has 0 saturated heterocycles. The van der Waals surface area contributed by atoms with E-state index in [4.69, 9.17) is 9.84 Å². The van der Waals surface area contributed by atoms with Crippen LogP contribution in [0, 0.1) is 0 Å². The number of halogens is 1. The van der Waals surface area contributed by atoms with Gasteiger partial charge < -0.3 is 4.74 Å². The average molecular weight is 401 g/mol. The van der Waals surface area contributed by atoms with Gasteiger partial charge >= 0.3 is 0 Å². The summed E-state index contributed by atoms with van der Waals surface area (Å²) in [4.78, 5) is 0. The van der Waals surface area contributed by atoms with Crippen molar-refractivity contribution in [1.82, 2.24) is 14.9 Å². The smallest absolute Gasteiger partial charge is 0.212 e.